The molecule has 21 heavy (non-hydrogen) atoms. The summed E-state index contributed by atoms with van der Waals surface area (Å²) in [6, 6.07) is 9.44. The molecule has 0 saturated carbocycles. The summed E-state index contributed by atoms with van der Waals surface area (Å²) in [5.41, 5.74) is 0.924. The lowest BCUT2D eigenvalue weighted by Gasteiger charge is -2.29. The maximum atomic E-state index is 11.7. The number of carbonyl (C=O) groups excluding carboxylic acids is 1. The van der Waals surface area contributed by atoms with Crippen molar-refractivity contribution >= 4 is 12.1 Å². The quantitative estimate of drug-likeness (QED) is 0.769. The van der Waals surface area contributed by atoms with Crippen molar-refractivity contribution in [3.8, 4) is 0 Å². The van der Waals surface area contributed by atoms with Crippen LogP contribution < -0.4 is 10.6 Å². The third kappa shape index (κ3) is 5.43. The Kier molecular flexibility index (Phi) is 5.57. The molecule has 6 nitrogen and oxygen atoms in total. The zero-order chi connectivity index (χ0) is 15.1. The van der Waals surface area contributed by atoms with Crippen LogP contribution in [0.4, 0.5) is 4.79 Å². The fourth-order valence-electron chi connectivity index (χ4n) is 2.45. The third-order valence-electron chi connectivity index (χ3n) is 3.48. The molecule has 0 spiro atoms. The van der Waals surface area contributed by atoms with Crippen molar-refractivity contribution in [2.75, 3.05) is 6.54 Å². The first-order valence-corrected chi connectivity index (χ1v) is 7.06. The summed E-state index contributed by atoms with van der Waals surface area (Å²) in [5, 5.41) is 14.7. The summed E-state index contributed by atoms with van der Waals surface area (Å²) in [5.74, 6) is -0.713. The Hall–Kier alpha value is -2.08. The van der Waals surface area contributed by atoms with E-state index in [1.165, 1.54) is 0 Å². The predicted octanol–water partition coefficient (Wildman–Crippen LogP) is 1.71. The molecular formula is C15H20N2O4. The van der Waals surface area contributed by atoms with E-state index in [1.807, 2.05) is 30.3 Å². The summed E-state index contributed by atoms with van der Waals surface area (Å²) >= 11 is 0. The van der Waals surface area contributed by atoms with Crippen LogP contribution in [-0.2, 0) is 16.1 Å². The Morgan fingerprint density at radius 2 is 2.10 bits per heavy atom. The van der Waals surface area contributed by atoms with E-state index in [0.29, 0.717) is 13.0 Å². The van der Waals surface area contributed by atoms with Crippen molar-refractivity contribution in [1.82, 2.24) is 10.6 Å². The van der Waals surface area contributed by atoms with Gasteiger partial charge in [0, 0.05) is 6.42 Å². The molecule has 1 aliphatic rings. The minimum atomic E-state index is -0.799. The molecule has 114 valence electrons. The van der Waals surface area contributed by atoms with Crippen LogP contribution in [0.1, 0.15) is 24.8 Å². The number of rotatable bonds is 5. The van der Waals surface area contributed by atoms with Crippen LogP contribution in [0.25, 0.3) is 0 Å². The molecule has 0 bridgehead atoms. The van der Waals surface area contributed by atoms with Crippen LogP contribution in [-0.4, -0.2) is 29.9 Å². The topological polar surface area (TPSA) is 87.7 Å². The molecular weight excluding hydrogens is 272 g/mol. The van der Waals surface area contributed by atoms with Gasteiger partial charge in [0.1, 0.15) is 6.61 Å². The fourth-order valence-corrected chi connectivity index (χ4v) is 2.45. The lowest BCUT2D eigenvalue weighted by molar-refractivity contribution is -0.138. The molecule has 1 unspecified atom stereocenters. The monoisotopic (exact) mass is 292 g/mol. The fraction of sp³-hybridized carbons (Fsp3) is 0.467. The van der Waals surface area contributed by atoms with Crippen molar-refractivity contribution in [3.63, 3.8) is 0 Å². The number of piperidine rings is 1. The van der Waals surface area contributed by atoms with Gasteiger partial charge in [-0.25, -0.2) is 4.79 Å². The number of hydrogen-bond donors (Lipinski definition) is 3. The number of aliphatic carboxylic acids is 1. The molecule has 3 N–H and O–H groups in total. The molecule has 2 rings (SSSR count). The van der Waals surface area contributed by atoms with Crippen LogP contribution >= 0.6 is 0 Å². The average molecular weight is 292 g/mol. The van der Waals surface area contributed by atoms with Crippen LogP contribution in [0, 0.1) is 5.92 Å². The van der Waals surface area contributed by atoms with Crippen molar-refractivity contribution in [2.24, 2.45) is 5.92 Å². The second-order valence-electron chi connectivity index (χ2n) is 5.20. The number of carboxylic acid groups (broad SMARTS) is 1. The van der Waals surface area contributed by atoms with Crippen LogP contribution in [0.15, 0.2) is 30.3 Å². The zero-order valence-electron chi connectivity index (χ0n) is 11.7. The second-order valence-corrected chi connectivity index (χ2v) is 5.20. The first-order valence-electron chi connectivity index (χ1n) is 7.06. The lowest BCUT2D eigenvalue weighted by atomic mass is 9.93. The molecule has 1 aromatic rings. The van der Waals surface area contributed by atoms with Gasteiger partial charge in [-0.3, -0.25) is 10.1 Å². The number of carbonyl (C=O) groups is 2. The summed E-state index contributed by atoms with van der Waals surface area (Å²) < 4.78 is 5.14. The molecule has 2 atom stereocenters. The molecule has 6 heteroatoms. The molecule has 1 aromatic carbocycles. The highest BCUT2D eigenvalue weighted by Gasteiger charge is 2.24. The normalized spacial score (nSPS) is 21.5. The molecule has 1 amide bonds. The Labute approximate surface area is 123 Å². The molecule has 0 aliphatic carbocycles. The van der Waals surface area contributed by atoms with Gasteiger partial charge in [0.25, 0.3) is 0 Å². The molecule has 1 aliphatic heterocycles. The van der Waals surface area contributed by atoms with Crippen molar-refractivity contribution < 1.29 is 19.4 Å². The number of hydrogen-bond acceptors (Lipinski definition) is 4. The van der Waals surface area contributed by atoms with Crippen LogP contribution in [0.5, 0.6) is 0 Å². The summed E-state index contributed by atoms with van der Waals surface area (Å²) in [6.45, 7) is 0.916. The molecule has 0 aromatic heterocycles. The summed E-state index contributed by atoms with van der Waals surface area (Å²) in [7, 11) is 0. The van der Waals surface area contributed by atoms with Crippen LogP contribution in [0.2, 0.25) is 0 Å². The highest BCUT2D eigenvalue weighted by molar-refractivity contribution is 5.68. The van der Waals surface area contributed by atoms with Gasteiger partial charge in [-0.1, -0.05) is 30.3 Å². The Morgan fingerprint density at radius 3 is 2.81 bits per heavy atom. The Bertz CT molecular complexity index is 478. The maximum Gasteiger partial charge on any atom is 0.408 e. The van der Waals surface area contributed by atoms with E-state index in [4.69, 9.17) is 9.84 Å². The minimum Gasteiger partial charge on any atom is -0.481 e. The van der Waals surface area contributed by atoms with E-state index in [1.54, 1.807) is 0 Å². The van der Waals surface area contributed by atoms with Gasteiger partial charge in [-0.15, -0.1) is 0 Å². The summed E-state index contributed by atoms with van der Waals surface area (Å²) in [4.78, 5) is 22.4. The number of amides is 1. The maximum absolute atomic E-state index is 11.7. The van der Waals surface area contributed by atoms with E-state index >= 15 is 0 Å². The first kappa shape index (κ1) is 15.3. The van der Waals surface area contributed by atoms with E-state index in [-0.39, 0.29) is 25.1 Å². The van der Waals surface area contributed by atoms with Gasteiger partial charge in [0.15, 0.2) is 0 Å². The van der Waals surface area contributed by atoms with Crippen LogP contribution in [0.3, 0.4) is 0 Å². The van der Waals surface area contributed by atoms with Gasteiger partial charge in [-0.2, -0.15) is 0 Å². The van der Waals surface area contributed by atoms with E-state index < -0.39 is 12.1 Å². The average Bonchev–Trinajstić information content (AvgIpc) is 2.46. The van der Waals surface area contributed by atoms with Gasteiger partial charge in [0.05, 0.1) is 6.17 Å². The Balaban J connectivity index is 1.73. The highest BCUT2D eigenvalue weighted by Crippen LogP contribution is 2.18. The SMILES string of the molecule is O=C(O)CC1CCN[C@@H](NC(=O)OCc2ccccc2)C1. The molecule has 0 radical (unpaired) electrons. The van der Waals surface area contributed by atoms with Gasteiger partial charge >= 0.3 is 12.1 Å². The number of carboxylic acids is 1. The third-order valence-corrected chi connectivity index (χ3v) is 3.48. The molecule has 1 heterocycles. The van der Waals surface area contributed by atoms with Crippen molar-refractivity contribution in [1.29, 1.82) is 0 Å². The largest absolute Gasteiger partial charge is 0.481 e. The van der Waals surface area contributed by atoms with E-state index in [9.17, 15) is 9.59 Å². The van der Waals surface area contributed by atoms with E-state index in [2.05, 4.69) is 10.6 Å². The predicted molar refractivity (Wildman–Crippen MR) is 76.5 cm³/mol. The number of ether oxygens (including phenoxy) is 1. The van der Waals surface area contributed by atoms with Crippen molar-refractivity contribution in [2.45, 2.75) is 32.0 Å². The number of benzene rings is 1. The van der Waals surface area contributed by atoms with Gasteiger partial charge in [-0.05, 0) is 30.9 Å². The highest BCUT2D eigenvalue weighted by atomic mass is 16.5. The van der Waals surface area contributed by atoms with Crippen molar-refractivity contribution in [3.05, 3.63) is 35.9 Å². The van der Waals surface area contributed by atoms with E-state index in [0.717, 1.165) is 12.0 Å². The molecule has 1 saturated heterocycles. The molecule has 1 fully saturated rings. The van der Waals surface area contributed by atoms with Gasteiger partial charge < -0.3 is 15.2 Å². The number of nitrogens with one attached hydrogen (secondary N) is 2. The standard InChI is InChI=1S/C15H20N2O4/c18-14(19)9-12-6-7-16-13(8-12)17-15(20)21-10-11-4-2-1-3-5-11/h1-5,12-13,16H,6-10H2,(H,17,20)(H,18,19)/t12?,13-/m0/s1. The number of alkyl carbamates (subject to hydrolysis) is 1. The summed E-state index contributed by atoms with van der Waals surface area (Å²) in [6.07, 6.45) is 0.827. The lowest BCUT2D eigenvalue weighted by Crippen LogP contribution is -2.50. The first-order chi connectivity index (χ1) is 10.1. The smallest absolute Gasteiger partial charge is 0.408 e. The second kappa shape index (κ2) is 7.64. The van der Waals surface area contributed by atoms with Gasteiger partial charge in [0.2, 0.25) is 0 Å². The zero-order valence-corrected chi connectivity index (χ0v) is 11.7. The Morgan fingerprint density at radius 1 is 1.33 bits per heavy atom. The minimum absolute atomic E-state index is 0.0863.